The average molecular weight is 584 g/mol. The van der Waals surface area contributed by atoms with Crippen LogP contribution in [0, 0.1) is 5.82 Å². The summed E-state index contributed by atoms with van der Waals surface area (Å²) in [6.07, 6.45) is 0.272. The van der Waals surface area contributed by atoms with Crippen LogP contribution >= 0.6 is 0 Å². The van der Waals surface area contributed by atoms with Crippen LogP contribution < -0.4 is 10.1 Å². The first-order valence-electron chi connectivity index (χ1n) is 13.4. The fraction of sp³-hybridized carbons (Fsp3) is 0.333. The smallest absolute Gasteiger partial charge is 0.261 e. The fourth-order valence-corrected chi connectivity index (χ4v) is 5.91. The summed E-state index contributed by atoms with van der Waals surface area (Å²) >= 11 is 0. The molecule has 3 aromatic carbocycles. The summed E-state index contributed by atoms with van der Waals surface area (Å²) < 4.78 is 51.7. The topological polar surface area (TPSA) is 105 Å². The molecule has 1 unspecified atom stereocenters. The Morgan fingerprint density at radius 1 is 0.976 bits per heavy atom. The van der Waals surface area contributed by atoms with E-state index in [9.17, 15) is 22.4 Å². The van der Waals surface area contributed by atoms with Crippen LogP contribution in [0.3, 0.4) is 0 Å². The number of hydrogen-bond acceptors (Lipinski definition) is 6. The van der Waals surface area contributed by atoms with E-state index < -0.39 is 27.8 Å². The molecule has 1 aliphatic heterocycles. The molecule has 1 aliphatic rings. The van der Waals surface area contributed by atoms with Gasteiger partial charge in [0.1, 0.15) is 17.6 Å². The van der Waals surface area contributed by atoms with Crippen LogP contribution in [0.1, 0.15) is 18.1 Å². The number of carbonyl (C=O) groups excluding carboxylic acids is 2. The Morgan fingerprint density at radius 2 is 1.63 bits per heavy atom. The van der Waals surface area contributed by atoms with Crippen molar-refractivity contribution in [3.63, 3.8) is 0 Å². The lowest BCUT2D eigenvalue weighted by molar-refractivity contribution is -0.142. The van der Waals surface area contributed by atoms with Gasteiger partial charge in [-0.15, -0.1) is 0 Å². The maximum Gasteiger partial charge on any atom is 0.261 e. The first kappa shape index (κ1) is 30.2. The minimum absolute atomic E-state index is 0.0633. The number of amides is 2. The molecule has 4 rings (SSSR count). The largest absolute Gasteiger partial charge is 0.484 e. The molecule has 0 saturated carbocycles. The molecule has 0 spiro atoms. The highest BCUT2D eigenvalue weighted by atomic mass is 32.2. The lowest BCUT2D eigenvalue weighted by Gasteiger charge is -2.31. The average Bonchev–Trinajstić information content (AvgIpc) is 3.00. The van der Waals surface area contributed by atoms with Crippen molar-refractivity contribution < 1.29 is 31.9 Å². The predicted molar refractivity (Wildman–Crippen MR) is 151 cm³/mol. The summed E-state index contributed by atoms with van der Waals surface area (Å²) in [7, 11) is -3.67. The zero-order chi connectivity index (χ0) is 29.2. The standard InChI is InChI=1S/C30H34FN3O6S/c1-2-32-30(36)28(20-23-6-4-3-5-7-23)34(21-24-8-10-25(31)11-9-24)29(35)22-40-26-12-14-27(15-13-26)41(37,38)33-16-18-39-19-17-33/h3-15,28H,2,16-22H2,1H3,(H,32,36). The van der Waals surface area contributed by atoms with Gasteiger partial charge < -0.3 is 19.7 Å². The molecule has 1 fully saturated rings. The van der Waals surface area contributed by atoms with Crippen LogP contribution in [-0.2, 0) is 37.3 Å². The third-order valence-electron chi connectivity index (χ3n) is 6.68. The van der Waals surface area contributed by atoms with Crippen molar-refractivity contribution in [1.82, 2.24) is 14.5 Å². The van der Waals surface area contributed by atoms with E-state index in [0.717, 1.165) is 5.56 Å². The molecule has 3 aromatic rings. The molecule has 1 saturated heterocycles. The molecular weight excluding hydrogens is 549 g/mol. The van der Waals surface area contributed by atoms with Gasteiger partial charge >= 0.3 is 0 Å². The van der Waals surface area contributed by atoms with Crippen LogP contribution in [0.4, 0.5) is 4.39 Å². The van der Waals surface area contributed by atoms with Crippen molar-refractivity contribution in [3.05, 3.63) is 95.8 Å². The molecule has 2 amide bonds. The predicted octanol–water partition coefficient (Wildman–Crippen LogP) is 3.00. The van der Waals surface area contributed by atoms with Gasteiger partial charge in [0.2, 0.25) is 15.9 Å². The molecule has 11 heteroatoms. The van der Waals surface area contributed by atoms with Gasteiger partial charge in [-0.1, -0.05) is 42.5 Å². The van der Waals surface area contributed by atoms with Crippen molar-refractivity contribution in [3.8, 4) is 5.75 Å². The number of sulfonamides is 1. The van der Waals surface area contributed by atoms with Crippen molar-refractivity contribution in [2.24, 2.45) is 0 Å². The zero-order valence-corrected chi connectivity index (χ0v) is 23.7. The number of nitrogens with one attached hydrogen (secondary N) is 1. The number of carbonyl (C=O) groups is 2. The number of hydrogen-bond donors (Lipinski definition) is 1. The second-order valence-corrected chi connectivity index (χ2v) is 11.5. The van der Waals surface area contributed by atoms with E-state index >= 15 is 0 Å². The summed E-state index contributed by atoms with van der Waals surface area (Å²) in [6.45, 7) is 3.13. The summed E-state index contributed by atoms with van der Waals surface area (Å²) in [5, 5.41) is 2.81. The number of rotatable bonds is 12. The van der Waals surface area contributed by atoms with E-state index in [0.29, 0.717) is 31.1 Å². The van der Waals surface area contributed by atoms with Gasteiger partial charge in [0.25, 0.3) is 5.91 Å². The van der Waals surface area contributed by atoms with Gasteiger partial charge in [-0.25, -0.2) is 12.8 Å². The molecule has 0 radical (unpaired) electrons. The molecule has 0 aliphatic carbocycles. The Hall–Kier alpha value is -3.80. The minimum Gasteiger partial charge on any atom is -0.484 e. The maximum absolute atomic E-state index is 13.6. The quantitative estimate of drug-likeness (QED) is 0.352. The molecule has 9 nitrogen and oxygen atoms in total. The van der Waals surface area contributed by atoms with E-state index in [1.54, 1.807) is 19.1 Å². The van der Waals surface area contributed by atoms with Gasteiger partial charge in [0.15, 0.2) is 6.61 Å². The molecule has 218 valence electrons. The number of benzene rings is 3. The van der Waals surface area contributed by atoms with Gasteiger partial charge in [0.05, 0.1) is 18.1 Å². The van der Waals surface area contributed by atoms with E-state index in [1.807, 2.05) is 30.3 Å². The van der Waals surface area contributed by atoms with Crippen molar-refractivity contribution in [2.75, 3.05) is 39.5 Å². The summed E-state index contributed by atoms with van der Waals surface area (Å²) in [5.74, 6) is -0.867. The second-order valence-electron chi connectivity index (χ2n) is 9.52. The normalized spacial score (nSPS) is 14.7. The first-order valence-corrected chi connectivity index (χ1v) is 14.9. The van der Waals surface area contributed by atoms with Crippen LogP contribution in [0.5, 0.6) is 5.75 Å². The minimum atomic E-state index is -3.67. The van der Waals surface area contributed by atoms with E-state index in [1.165, 1.54) is 45.6 Å². The Labute approximate surface area is 239 Å². The molecule has 0 bridgehead atoms. The Kier molecular flexibility index (Phi) is 10.4. The first-order chi connectivity index (χ1) is 19.8. The lowest BCUT2D eigenvalue weighted by atomic mass is 10.0. The number of ether oxygens (including phenoxy) is 2. The zero-order valence-electron chi connectivity index (χ0n) is 22.9. The molecule has 0 aromatic heterocycles. The Morgan fingerprint density at radius 3 is 2.27 bits per heavy atom. The van der Waals surface area contributed by atoms with E-state index in [2.05, 4.69) is 5.32 Å². The third-order valence-corrected chi connectivity index (χ3v) is 8.60. The van der Waals surface area contributed by atoms with Gasteiger partial charge in [-0.3, -0.25) is 9.59 Å². The second kappa shape index (κ2) is 14.2. The van der Waals surface area contributed by atoms with Crippen LogP contribution in [0.25, 0.3) is 0 Å². The highest BCUT2D eigenvalue weighted by Gasteiger charge is 2.31. The summed E-state index contributed by atoms with van der Waals surface area (Å²) in [5.41, 5.74) is 1.53. The highest BCUT2D eigenvalue weighted by molar-refractivity contribution is 7.89. The lowest BCUT2D eigenvalue weighted by Crippen LogP contribution is -2.51. The molecular formula is C30H34FN3O6S. The summed E-state index contributed by atoms with van der Waals surface area (Å²) in [4.78, 5) is 28.3. The van der Waals surface area contributed by atoms with Crippen molar-refractivity contribution in [1.29, 1.82) is 0 Å². The van der Waals surface area contributed by atoms with Gasteiger partial charge in [0, 0.05) is 32.6 Å². The van der Waals surface area contributed by atoms with Crippen LogP contribution in [-0.4, -0.2) is 74.9 Å². The Balaban J connectivity index is 1.52. The van der Waals surface area contributed by atoms with Crippen LogP contribution in [0.15, 0.2) is 83.8 Å². The van der Waals surface area contributed by atoms with Crippen LogP contribution in [0.2, 0.25) is 0 Å². The number of morpholine rings is 1. The van der Waals surface area contributed by atoms with Gasteiger partial charge in [-0.05, 0) is 54.4 Å². The van der Waals surface area contributed by atoms with Crippen molar-refractivity contribution >= 4 is 21.8 Å². The number of nitrogens with zero attached hydrogens (tertiary/aromatic N) is 2. The SMILES string of the molecule is CCNC(=O)C(Cc1ccccc1)N(Cc1ccc(F)cc1)C(=O)COc1ccc(S(=O)(=O)N2CCOCC2)cc1. The third kappa shape index (κ3) is 8.12. The number of halogens is 1. The molecule has 1 heterocycles. The molecule has 1 atom stereocenters. The van der Waals surface area contributed by atoms with E-state index in [-0.39, 0.29) is 43.5 Å². The fourth-order valence-electron chi connectivity index (χ4n) is 4.50. The maximum atomic E-state index is 13.6. The van der Waals surface area contributed by atoms with E-state index in [4.69, 9.17) is 9.47 Å². The molecule has 41 heavy (non-hydrogen) atoms. The van der Waals surface area contributed by atoms with Gasteiger partial charge in [-0.2, -0.15) is 4.31 Å². The highest BCUT2D eigenvalue weighted by Crippen LogP contribution is 2.21. The summed E-state index contributed by atoms with van der Waals surface area (Å²) in [6, 6.07) is 20.1. The Bertz CT molecular complexity index is 1400. The molecule has 1 N–H and O–H groups in total. The van der Waals surface area contributed by atoms with Crippen molar-refractivity contribution in [2.45, 2.75) is 30.8 Å². The number of likely N-dealkylation sites (N-methyl/N-ethyl adjacent to an activating group) is 1. The monoisotopic (exact) mass is 583 g/mol.